The summed E-state index contributed by atoms with van der Waals surface area (Å²) < 4.78 is 0. The lowest BCUT2D eigenvalue weighted by Crippen LogP contribution is -2.48. The van der Waals surface area contributed by atoms with Gasteiger partial charge in [0.05, 0.1) is 6.54 Å². The van der Waals surface area contributed by atoms with Gasteiger partial charge in [-0.2, -0.15) is 0 Å². The van der Waals surface area contributed by atoms with Gasteiger partial charge in [-0.3, -0.25) is 9.59 Å². The minimum Gasteiger partial charge on any atom is -0.347 e. The number of carbonyl (C=O) groups is 2. The second kappa shape index (κ2) is 5.72. The molecule has 102 valence electrons. The van der Waals surface area contributed by atoms with Crippen molar-refractivity contribution < 1.29 is 9.59 Å². The zero-order valence-electron chi connectivity index (χ0n) is 11.4. The molecule has 1 N–H and O–H groups in total. The summed E-state index contributed by atoms with van der Waals surface area (Å²) >= 11 is 0. The van der Waals surface area contributed by atoms with Gasteiger partial charge >= 0.3 is 0 Å². The molecule has 1 aliphatic heterocycles. The third-order valence-electron chi connectivity index (χ3n) is 4.38. The second-order valence-corrected chi connectivity index (χ2v) is 5.87. The molecule has 1 aliphatic carbocycles. The summed E-state index contributed by atoms with van der Waals surface area (Å²) in [6.45, 7) is 5.27. The van der Waals surface area contributed by atoms with Crippen molar-refractivity contribution >= 4 is 11.8 Å². The van der Waals surface area contributed by atoms with E-state index in [0.29, 0.717) is 30.8 Å². The highest BCUT2D eigenvalue weighted by molar-refractivity contribution is 5.87. The summed E-state index contributed by atoms with van der Waals surface area (Å²) in [4.78, 5) is 25.5. The summed E-state index contributed by atoms with van der Waals surface area (Å²) in [7, 11) is 0. The number of nitrogens with zero attached hydrogens (tertiary/aromatic N) is 1. The summed E-state index contributed by atoms with van der Waals surface area (Å²) in [5, 5.41) is 2.68. The van der Waals surface area contributed by atoms with Crippen LogP contribution < -0.4 is 5.32 Å². The first-order chi connectivity index (χ1) is 8.59. The van der Waals surface area contributed by atoms with Gasteiger partial charge < -0.3 is 10.2 Å². The van der Waals surface area contributed by atoms with Gasteiger partial charge in [-0.25, -0.2) is 0 Å². The summed E-state index contributed by atoms with van der Waals surface area (Å²) in [6, 6.07) is 0.346. The molecule has 1 saturated carbocycles. The van der Waals surface area contributed by atoms with Crippen molar-refractivity contribution in [2.24, 2.45) is 11.8 Å². The van der Waals surface area contributed by atoms with Crippen molar-refractivity contribution in [3.63, 3.8) is 0 Å². The Hall–Kier alpha value is -1.06. The van der Waals surface area contributed by atoms with Crippen molar-refractivity contribution in [3.05, 3.63) is 0 Å². The summed E-state index contributed by atoms with van der Waals surface area (Å²) in [6.07, 6.45) is 5.25. The fourth-order valence-corrected chi connectivity index (χ4v) is 3.37. The van der Waals surface area contributed by atoms with Crippen LogP contribution in [0.15, 0.2) is 0 Å². The van der Waals surface area contributed by atoms with E-state index >= 15 is 0 Å². The molecule has 1 saturated heterocycles. The van der Waals surface area contributed by atoms with Crippen LogP contribution >= 0.6 is 0 Å². The first kappa shape index (κ1) is 13.4. The molecule has 2 amide bonds. The molecule has 0 aromatic carbocycles. The number of nitrogens with one attached hydrogen (secondary N) is 1. The molecule has 4 nitrogen and oxygen atoms in total. The van der Waals surface area contributed by atoms with E-state index in [4.69, 9.17) is 0 Å². The minimum absolute atomic E-state index is 0.00255. The standard InChI is InChI=1S/C14H24N2O2/c1-10(2)11-5-3-4-6-12(11)16-8-7-13(17)15-9-14(16)18/h10-12H,3-9H2,1-2H3,(H,15,17). The highest BCUT2D eigenvalue weighted by Gasteiger charge is 2.35. The van der Waals surface area contributed by atoms with Gasteiger partial charge in [0.2, 0.25) is 11.8 Å². The third-order valence-corrected chi connectivity index (χ3v) is 4.38. The van der Waals surface area contributed by atoms with Gasteiger partial charge in [-0.15, -0.1) is 0 Å². The predicted octanol–water partition coefficient (Wildman–Crippen LogP) is 1.55. The lowest BCUT2D eigenvalue weighted by molar-refractivity contribution is -0.134. The molecular weight excluding hydrogens is 228 g/mol. The monoisotopic (exact) mass is 252 g/mol. The molecule has 1 heterocycles. The van der Waals surface area contributed by atoms with Crippen LogP contribution in [-0.4, -0.2) is 35.8 Å². The number of rotatable bonds is 2. The van der Waals surface area contributed by atoms with E-state index in [1.54, 1.807) is 0 Å². The fraction of sp³-hybridized carbons (Fsp3) is 0.857. The number of hydrogen-bond donors (Lipinski definition) is 1. The Morgan fingerprint density at radius 1 is 1.22 bits per heavy atom. The smallest absolute Gasteiger partial charge is 0.242 e. The topological polar surface area (TPSA) is 49.4 Å². The van der Waals surface area contributed by atoms with Gasteiger partial charge in [-0.05, 0) is 24.7 Å². The van der Waals surface area contributed by atoms with Crippen LogP contribution in [0.3, 0.4) is 0 Å². The molecule has 2 fully saturated rings. The molecular formula is C14H24N2O2. The summed E-state index contributed by atoms with van der Waals surface area (Å²) in [5.41, 5.74) is 0. The van der Waals surface area contributed by atoms with Crippen molar-refractivity contribution in [1.29, 1.82) is 0 Å². The molecule has 0 radical (unpaired) electrons. The van der Waals surface area contributed by atoms with Gasteiger partial charge in [0.15, 0.2) is 0 Å². The lowest BCUT2D eigenvalue weighted by atomic mass is 9.77. The van der Waals surface area contributed by atoms with Crippen LogP contribution in [0.25, 0.3) is 0 Å². The normalized spacial score (nSPS) is 30.3. The van der Waals surface area contributed by atoms with E-state index < -0.39 is 0 Å². The van der Waals surface area contributed by atoms with Crippen molar-refractivity contribution in [2.75, 3.05) is 13.1 Å². The van der Waals surface area contributed by atoms with E-state index in [2.05, 4.69) is 19.2 Å². The van der Waals surface area contributed by atoms with Gasteiger partial charge in [0, 0.05) is 19.0 Å². The van der Waals surface area contributed by atoms with Crippen molar-refractivity contribution in [3.8, 4) is 0 Å². The predicted molar refractivity (Wildman–Crippen MR) is 69.9 cm³/mol. The van der Waals surface area contributed by atoms with E-state index in [1.165, 1.54) is 19.3 Å². The van der Waals surface area contributed by atoms with Gasteiger partial charge in [0.1, 0.15) is 0 Å². The second-order valence-electron chi connectivity index (χ2n) is 5.87. The maximum atomic E-state index is 12.1. The number of hydrogen-bond acceptors (Lipinski definition) is 2. The molecule has 2 rings (SSSR count). The van der Waals surface area contributed by atoms with Gasteiger partial charge in [0.25, 0.3) is 0 Å². The molecule has 0 aromatic rings. The summed E-state index contributed by atoms with van der Waals surface area (Å²) in [5.74, 6) is 1.30. The molecule has 0 spiro atoms. The Morgan fingerprint density at radius 2 is 1.94 bits per heavy atom. The van der Waals surface area contributed by atoms with Crippen LogP contribution in [0.2, 0.25) is 0 Å². The Kier molecular flexibility index (Phi) is 4.25. The van der Waals surface area contributed by atoms with Crippen LogP contribution in [0.5, 0.6) is 0 Å². The van der Waals surface area contributed by atoms with E-state index in [0.717, 1.165) is 6.42 Å². The highest BCUT2D eigenvalue weighted by atomic mass is 16.2. The zero-order chi connectivity index (χ0) is 13.1. The SMILES string of the molecule is CC(C)C1CCCCC1N1CCC(=O)NCC1=O. The molecule has 18 heavy (non-hydrogen) atoms. The van der Waals surface area contributed by atoms with Gasteiger partial charge in [-0.1, -0.05) is 26.7 Å². The lowest BCUT2D eigenvalue weighted by Gasteiger charge is -2.41. The maximum Gasteiger partial charge on any atom is 0.242 e. The highest BCUT2D eigenvalue weighted by Crippen LogP contribution is 2.33. The average Bonchev–Trinajstić information content (AvgIpc) is 2.52. The Labute approximate surface area is 109 Å². The minimum atomic E-state index is 0.00255. The quantitative estimate of drug-likeness (QED) is 0.810. The first-order valence-corrected chi connectivity index (χ1v) is 7.15. The fourth-order valence-electron chi connectivity index (χ4n) is 3.37. The zero-order valence-corrected chi connectivity index (χ0v) is 11.4. The number of amides is 2. The van der Waals surface area contributed by atoms with Crippen LogP contribution in [-0.2, 0) is 9.59 Å². The molecule has 0 aromatic heterocycles. The first-order valence-electron chi connectivity index (χ1n) is 7.15. The van der Waals surface area contributed by atoms with Crippen molar-refractivity contribution in [1.82, 2.24) is 10.2 Å². The van der Waals surface area contributed by atoms with Crippen LogP contribution in [0, 0.1) is 11.8 Å². The Bertz CT molecular complexity index is 328. The van der Waals surface area contributed by atoms with E-state index in [9.17, 15) is 9.59 Å². The Balaban J connectivity index is 2.11. The van der Waals surface area contributed by atoms with Crippen LogP contribution in [0.1, 0.15) is 46.0 Å². The average molecular weight is 252 g/mol. The maximum absolute atomic E-state index is 12.1. The molecule has 0 bridgehead atoms. The molecule has 2 aliphatic rings. The van der Waals surface area contributed by atoms with E-state index in [1.807, 2.05) is 4.90 Å². The molecule has 2 atom stereocenters. The van der Waals surface area contributed by atoms with Crippen molar-refractivity contribution in [2.45, 2.75) is 52.0 Å². The largest absolute Gasteiger partial charge is 0.347 e. The van der Waals surface area contributed by atoms with E-state index in [-0.39, 0.29) is 18.4 Å². The Morgan fingerprint density at radius 3 is 2.67 bits per heavy atom. The number of carbonyl (C=O) groups excluding carboxylic acids is 2. The molecule has 2 unspecified atom stereocenters. The molecule has 4 heteroatoms. The van der Waals surface area contributed by atoms with Crippen LogP contribution in [0.4, 0.5) is 0 Å². The third kappa shape index (κ3) is 2.85.